The Labute approximate surface area is 208 Å². The molecule has 1 saturated heterocycles. The summed E-state index contributed by atoms with van der Waals surface area (Å²) in [7, 11) is 2.69. The Hall–Kier alpha value is -3.91. The van der Waals surface area contributed by atoms with Crippen LogP contribution in [-0.2, 0) is 9.59 Å². The summed E-state index contributed by atoms with van der Waals surface area (Å²) in [6.45, 7) is 2.75. The van der Waals surface area contributed by atoms with Gasteiger partial charge in [0.15, 0.2) is 0 Å². The van der Waals surface area contributed by atoms with E-state index in [0.29, 0.717) is 22.9 Å². The third-order valence-electron chi connectivity index (χ3n) is 5.67. The summed E-state index contributed by atoms with van der Waals surface area (Å²) in [6.07, 6.45) is 5.23. The zero-order valence-corrected chi connectivity index (χ0v) is 20.5. The molecule has 0 unspecified atom stereocenters. The molecular weight excluding hydrogens is 468 g/mol. The number of nitrogens with zero attached hydrogens (tertiary/aromatic N) is 4. The van der Waals surface area contributed by atoms with Gasteiger partial charge in [0.05, 0.1) is 18.0 Å². The van der Waals surface area contributed by atoms with E-state index in [1.807, 2.05) is 36.4 Å². The third-order valence-corrected chi connectivity index (χ3v) is 5.92. The summed E-state index contributed by atoms with van der Waals surface area (Å²) < 4.78 is 7.41. The number of unbranched alkanes of at least 4 members (excludes halogenated alkanes) is 1. The van der Waals surface area contributed by atoms with E-state index in [4.69, 9.17) is 21.4 Å². The highest BCUT2D eigenvalue weighted by molar-refractivity contribution is 6.31. The van der Waals surface area contributed by atoms with E-state index in [1.54, 1.807) is 23.0 Å². The fourth-order valence-electron chi connectivity index (χ4n) is 3.62. The molecule has 9 heteroatoms. The highest BCUT2D eigenvalue weighted by Crippen LogP contribution is 2.29. The number of barbiturate groups is 1. The van der Waals surface area contributed by atoms with Crippen LogP contribution in [0, 0.1) is 0 Å². The first-order chi connectivity index (χ1) is 16.8. The number of amides is 4. The first kappa shape index (κ1) is 24.2. The quantitative estimate of drug-likeness (QED) is 0.268. The number of carbonyl (C=O) groups is 3. The average Bonchev–Trinajstić information content (AvgIpc) is 3.29. The zero-order valence-electron chi connectivity index (χ0n) is 19.7. The van der Waals surface area contributed by atoms with Crippen LogP contribution in [0.3, 0.4) is 0 Å². The molecule has 4 amide bonds. The number of urea groups is 1. The maximum absolute atomic E-state index is 12.8. The second kappa shape index (κ2) is 10.1. The average molecular weight is 493 g/mol. The van der Waals surface area contributed by atoms with Crippen LogP contribution in [0.1, 0.15) is 25.3 Å². The molecule has 0 aliphatic carbocycles. The smallest absolute Gasteiger partial charge is 0.333 e. The molecule has 0 N–H and O–H groups in total. The van der Waals surface area contributed by atoms with Gasteiger partial charge in [-0.2, -0.15) is 5.10 Å². The Balaban J connectivity index is 1.78. The molecule has 8 nitrogen and oxygen atoms in total. The number of halogens is 1. The van der Waals surface area contributed by atoms with Crippen LogP contribution in [0.4, 0.5) is 4.79 Å². The second-order valence-electron chi connectivity index (χ2n) is 8.15. The van der Waals surface area contributed by atoms with Crippen LogP contribution in [0.2, 0.25) is 5.02 Å². The highest BCUT2D eigenvalue weighted by Gasteiger charge is 2.38. The van der Waals surface area contributed by atoms with E-state index in [9.17, 15) is 14.4 Å². The SMILES string of the molecule is CCCCOc1ccc(-c2nn(-c3ccc(Cl)cc3)cc2C=C2C(=O)N(C)C(=O)N(C)C2=O)cc1. The third kappa shape index (κ3) is 4.97. The number of imide groups is 2. The lowest BCUT2D eigenvalue weighted by atomic mass is 10.0. The van der Waals surface area contributed by atoms with Crippen LogP contribution in [0.15, 0.2) is 60.3 Å². The largest absolute Gasteiger partial charge is 0.494 e. The normalized spacial score (nSPS) is 14.1. The van der Waals surface area contributed by atoms with Gasteiger partial charge in [-0.3, -0.25) is 19.4 Å². The Morgan fingerprint density at radius 1 is 0.943 bits per heavy atom. The van der Waals surface area contributed by atoms with Crippen LogP contribution in [0.5, 0.6) is 5.75 Å². The summed E-state index contributed by atoms with van der Waals surface area (Å²) in [5.41, 5.74) is 2.53. The number of rotatable bonds is 7. The van der Waals surface area contributed by atoms with E-state index in [0.717, 1.165) is 39.6 Å². The molecule has 0 radical (unpaired) electrons. The maximum atomic E-state index is 12.8. The van der Waals surface area contributed by atoms with Crippen molar-refractivity contribution in [3.8, 4) is 22.7 Å². The van der Waals surface area contributed by atoms with Crippen molar-refractivity contribution in [1.82, 2.24) is 19.6 Å². The topological polar surface area (TPSA) is 84.7 Å². The second-order valence-corrected chi connectivity index (χ2v) is 8.59. The molecule has 0 atom stereocenters. The van der Waals surface area contributed by atoms with E-state index < -0.39 is 17.8 Å². The van der Waals surface area contributed by atoms with Crippen molar-refractivity contribution in [2.45, 2.75) is 19.8 Å². The highest BCUT2D eigenvalue weighted by atomic mass is 35.5. The number of hydrogen-bond donors (Lipinski definition) is 0. The molecule has 1 aromatic heterocycles. The predicted molar refractivity (Wildman–Crippen MR) is 133 cm³/mol. The molecule has 35 heavy (non-hydrogen) atoms. The van der Waals surface area contributed by atoms with Gasteiger partial charge in [0.1, 0.15) is 11.3 Å². The molecule has 180 valence electrons. The Bertz CT molecular complexity index is 1270. The molecule has 1 fully saturated rings. The van der Waals surface area contributed by atoms with Crippen molar-refractivity contribution < 1.29 is 19.1 Å². The number of aromatic nitrogens is 2. The summed E-state index contributed by atoms with van der Waals surface area (Å²) in [5, 5.41) is 5.32. The maximum Gasteiger partial charge on any atom is 0.333 e. The van der Waals surface area contributed by atoms with Gasteiger partial charge in [0.2, 0.25) is 0 Å². The van der Waals surface area contributed by atoms with Gasteiger partial charge >= 0.3 is 6.03 Å². The molecule has 0 spiro atoms. The summed E-state index contributed by atoms with van der Waals surface area (Å²) in [4.78, 5) is 39.5. The van der Waals surface area contributed by atoms with Crippen molar-refractivity contribution in [1.29, 1.82) is 0 Å². The summed E-state index contributed by atoms with van der Waals surface area (Å²) in [6, 6.07) is 13.9. The summed E-state index contributed by atoms with van der Waals surface area (Å²) in [5.74, 6) is -0.579. The first-order valence-electron chi connectivity index (χ1n) is 11.2. The number of ether oxygens (including phenoxy) is 1. The van der Waals surface area contributed by atoms with Gasteiger partial charge in [0, 0.05) is 36.4 Å². The van der Waals surface area contributed by atoms with E-state index in [2.05, 4.69) is 6.92 Å². The Kier molecular flexibility index (Phi) is 7.02. The van der Waals surface area contributed by atoms with Gasteiger partial charge in [-0.1, -0.05) is 24.9 Å². The molecule has 4 rings (SSSR count). The van der Waals surface area contributed by atoms with Gasteiger partial charge in [0.25, 0.3) is 11.8 Å². The lowest BCUT2D eigenvalue weighted by Gasteiger charge is -2.28. The standard InChI is InChI=1S/C26H25ClN4O4/c1-4-5-14-35-21-12-6-17(7-13-21)23-18(16-31(28-23)20-10-8-19(27)9-11-20)15-22-24(32)29(2)26(34)30(3)25(22)33/h6-13,15-16H,4-5,14H2,1-3H3. The number of hydrogen-bond acceptors (Lipinski definition) is 5. The minimum absolute atomic E-state index is 0.119. The zero-order chi connectivity index (χ0) is 25.1. The lowest BCUT2D eigenvalue weighted by molar-refractivity contribution is -0.134. The molecule has 3 aromatic rings. The first-order valence-corrected chi connectivity index (χ1v) is 11.6. The van der Waals surface area contributed by atoms with Gasteiger partial charge in [-0.05, 0) is 61.0 Å². The molecular formula is C26H25ClN4O4. The number of likely N-dealkylation sites (N-methyl/N-ethyl adjacent to an activating group) is 2. The van der Waals surface area contributed by atoms with Crippen LogP contribution < -0.4 is 4.74 Å². The van der Waals surface area contributed by atoms with Crippen molar-refractivity contribution in [2.24, 2.45) is 0 Å². The lowest BCUT2D eigenvalue weighted by Crippen LogP contribution is -2.52. The predicted octanol–water partition coefficient (Wildman–Crippen LogP) is 4.81. The monoisotopic (exact) mass is 492 g/mol. The number of benzene rings is 2. The molecule has 1 aliphatic rings. The van der Waals surface area contributed by atoms with E-state index in [1.165, 1.54) is 20.2 Å². The Morgan fingerprint density at radius 2 is 1.57 bits per heavy atom. The molecule has 0 saturated carbocycles. The fraction of sp³-hybridized carbons (Fsp3) is 0.231. The van der Waals surface area contributed by atoms with Gasteiger partial charge < -0.3 is 4.74 Å². The minimum Gasteiger partial charge on any atom is -0.494 e. The molecule has 1 aliphatic heterocycles. The molecule has 0 bridgehead atoms. The van der Waals surface area contributed by atoms with Crippen LogP contribution in [0.25, 0.3) is 23.0 Å². The van der Waals surface area contributed by atoms with Crippen molar-refractivity contribution in [3.05, 3.63) is 70.9 Å². The van der Waals surface area contributed by atoms with E-state index in [-0.39, 0.29) is 5.57 Å². The van der Waals surface area contributed by atoms with E-state index >= 15 is 0 Å². The van der Waals surface area contributed by atoms with Crippen molar-refractivity contribution in [2.75, 3.05) is 20.7 Å². The molecule has 2 aromatic carbocycles. The molecule has 2 heterocycles. The Morgan fingerprint density at radius 3 is 2.17 bits per heavy atom. The minimum atomic E-state index is -0.673. The van der Waals surface area contributed by atoms with Crippen molar-refractivity contribution >= 4 is 35.5 Å². The fourth-order valence-corrected chi connectivity index (χ4v) is 3.74. The van der Waals surface area contributed by atoms with Gasteiger partial charge in [-0.15, -0.1) is 0 Å². The van der Waals surface area contributed by atoms with Crippen molar-refractivity contribution in [3.63, 3.8) is 0 Å². The van der Waals surface area contributed by atoms with Gasteiger partial charge in [-0.25, -0.2) is 9.48 Å². The van der Waals surface area contributed by atoms with Crippen LogP contribution >= 0.6 is 11.6 Å². The number of carbonyl (C=O) groups excluding carboxylic acids is 3. The summed E-state index contributed by atoms with van der Waals surface area (Å²) >= 11 is 6.03. The van der Waals surface area contributed by atoms with Crippen LogP contribution in [-0.4, -0.2) is 58.1 Å².